The van der Waals surface area contributed by atoms with Gasteiger partial charge < -0.3 is 9.88 Å². The van der Waals surface area contributed by atoms with Crippen LogP contribution in [0.25, 0.3) is 21.1 Å². The Labute approximate surface area is 172 Å². The van der Waals surface area contributed by atoms with Gasteiger partial charge in [-0.3, -0.25) is 4.79 Å². The second-order valence-electron chi connectivity index (χ2n) is 7.34. The van der Waals surface area contributed by atoms with Crippen molar-refractivity contribution >= 4 is 55.7 Å². The van der Waals surface area contributed by atoms with Crippen molar-refractivity contribution < 1.29 is 4.79 Å². The maximum absolute atomic E-state index is 12.8. The Morgan fingerprint density at radius 1 is 1.14 bits per heavy atom. The highest BCUT2D eigenvalue weighted by molar-refractivity contribution is 7.21. The van der Waals surface area contributed by atoms with E-state index in [9.17, 15) is 4.79 Å². The van der Waals surface area contributed by atoms with Gasteiger partial charge in [0.05, 0.1) is 22.4 Å². The Morgan fingerprint density at radius 2 is 1.96 bits per heavy atom. The predicted octanol–water partition coefficient (Wildman–Crippen LogP) is 6.66. The van der Waals surface area contributed by atoms with Gasteiger partial charge in [0.25, 0.3) is 5.91 Å². The molecule has 0 radical (unpaired) electrons. The molecule has 6 heteroatoms. The highest BCUT2D eigenvalue weighted by atomic mass is 35.5. The number of amides is 1. The third-order valence-corrected chi connectivity index (χ3v) is 7.22. The SMILES string of the molecule is O=C(Nc1ccc2c(c1)ncn2C1CCCCC1)c1sc2ccccc2c1Cl. The molecule has 0 aliphatic heterocycles. The van der Waals surface area contributed by atoms with E-state index in [0.717, 1.165) is 26.8 Å². The molecule has 4 aromatic rings. The summed E-state index contributed by atoms with van der Waals surface area (Å²) in [5, 5.41) is 4.41. The summed E-state index contributed by atoms with van der Waals surface area (Å²) in [5.74, 6) is -0.183. The minimum atomic E-state index is -0.183. The van der Waals surface area contributed by atoms with Crippen LogP contribution in [-0.4, -0.2) is 15.5 Å². The number of nitrogens with one attached hydrogen (secondary N) is 1. The second-order valence-corrected chi connectivity index (χ2v) is 8.77. The average molecular weight is 410 g/mol. The Balaban J connectivity index is 1.41. The summed E-state index contributed by atoms with van der Waals surface area (Å²) in [6.45, 7) is 0. The van der Waals surface area contributed by atoms with Gasteiger partial charge in [0.15, 0.2) is 0 Å². The molecular formula is C22H20ClN3OS. The highest BCUT2D eigenvalue weighted by Crippen LogP contribution is 2.36. The molecular weight excluding hydrogens is 390 g/mol. The van der Waals surface area contributed by atoms with Crippen LogP contribution < -0.4 is 5.32 Å². The lowest BCUT2D eigenvalue weighted by atomic mass is 9.95. The van der Waals surface area contributed by atoms with Crippen molar-refractivity contribution in [3.63, 3.8) is 0 Å². The van der Waals surface area contributed by atoms with Crippen LogP contribution in [0.3, 0.4) is 0 Å². The standard InChI is InChI=1S/C22H20ClN3OS/c23-20-16-8-4-5-9-19(16)28-21(20)22(27)25-14-10-11-18-17(12-14)24-13-26(18)15-6-2-1-3-7-15/h4-5,8-13,15H,1-3,6-7H2,(H,25,27). The van der Waals surface area contributed by atoms with E-state index in [0.29, 0.717) is 15.9 Å². The fourth-order valence-electron chi connectivity index (χ4n) is 4.11. The lowest BCUT2D eigenvalue weighted by Crippen LogP contribution is -2.12. The molecule has 1 fully saturated rings. The summed E-state index contributed by atoms with van der Waals surface area (Å²) in [6.07, 6.45) is 8.28. The molecule has 0 unspecified atom stereocenters. The molecule has 2 heterocycles. The van der Waals surface area contributed by atoms with Crippen LogP contribution >= 0.6 is 22.9 Å². The van der Waals surface area contributed by atoms with Gasteiger partial charge in [-0.05, 0) is 37.1 Å². The van der Waals surface area contributed by atoms with Gasteiger partial charge in [-0.15, -0.1) is 11.3 Å². The molecule has 1 amide bonds. The number of thiophene rings is 1. The molecule has 1 saturated carbocycles. The number of carbonyl (C=O) groups is 1. The Bertz CT molecular complexity index is 1170. The van der Waals surface area contributed by atoms with E-state index in [2.05, 4.69) is 20.9 Å². The van der Waals surface area contributed by atoms with E-state index in [1.54, 1.807) is 0 Å². The van der Waals surface area contributed by atoms with E-state index >= 15 is 0 Å². The zero-order valence-electron chi connectivity index (χ0n) is 15.3. The first kappa shape index (κ1) is 17.7. The van der Waals surface area contributed by atoms with Gasteiger partial charge in [0.1, 0.15) is 4.88 Å². The van der Waals surface area contributed by atoms with Gasteiger partial charge in [0.2, 0.25) is 0 Å². The van der Waals surface area contributed by atoms with Crippen molar-refractivity contribution in [2.24, 2.45) is 0 Å². The molecule has 2 aromatic heterocycles. The van der Waals surface area contributed by atoms with E-state index in [-0.39, 0.29) is 5.91 Å². The van der Waals surface area contributed by atoms with Crippen molar-refractivity contribution in [2.75, 3.05) is 5.32 Å². The van der Waals surface area contributed by atoms with Crippen LogP contribution in [0.15, 0.2) is 48.8 Å². The minimum Gasteiger partial charge on any atom is -0.327 e. The van der Waals surface area contributed by atoms with Crippen LogP contribution in [0.5, 0.6) is 0 Å². The van der Waals surface area contributed by atoms with Crippen LogP contribution in [0, 0.1) is 0 Å². The monoisotopic (exact) mass is 409 g/mol. The molecule has 2 aromatic carbocycles. The van der Waals surface area contributed by atoms with Gasteiger partial charge >= 0.3 is 0 Å². The summed E-state index contributed by atoms with van der Waals surface area (Å²) >= 11 is 7.85. The number of imidazole rings is 1. The molecule has 4 nitrogen and oxygen atoms in total. The zero-order valence-corrected chi connectivity index (χ0v) is 16.9. The van der Waals surface area contributed by atoms with Gasteiger partial charge in [-0.2, -0.15) is 0 Å². The normalized spacial score (nSPS) is 15.3. The predicted molar refractivity (Wildman–Crippen MR) is 117 cm³/mol. The summed E-state index contributed by atoms with van der Waals surface area (Å²) in [6, 6.07) is 14.3. The van der Waals surface area contributed by atoms with Crippen molar-refractivity contribution in [3.8, 4) is 0 Å². The summed E-state index contributed by atoms with van der Waals surface area (Å²) in [4.78, 5) is 17.9. The fourth-order valence-corrected chi connectivity index (χ4v) is 5.52. The van der Waals surface area contributed by atoms with Gasteiger partial charge in [-0.1, -0.05) is 49.1 Å². The molecule has 1 aliphatic rings. The Kier molecular flexibility index (Phi) is 4.57. The number of aromatic nitrogens is 2. The van der Waals surface area contributed by atoms with E-state index in [1.165, 1.54) is 43.4 Å². The number of rotatable bonds is 3. The van der Waals surface area contributed by atoms with Crippen LogP contribution in [0.2, 0.25) is 5.02 Å². The number of halogens is 1. The number of fused-ring (bicyclic) bond motifs is 2. The first-order valence-corrected chi connectivity index (χ1v) is 10.8. The zero-order chi connectivity index (χ0) is 19.1. The molecule has 0 bridgehead atoms. The number of benzene rings is 2. The van der Waals surface area contributed by atoms with Crippen molar-refractivity contribution in [3.05, 3.63) is 58.7 Å². The fraction of sp³-hybridized carbons (Fsp3) is 0.273. The maximum Gasteiger partial charge on any atom is 0.267 e. The van der Waals surface area contributed by atoms with Crippen LogP contribution in [0.4, 0.5) is 5.69 Å². The first-order chi connectivity index (χ1) is 13.7. The van der Waals surface area contributed by atoms with E-state index < -0.39 is 0 Å². The third kappa shape index (κ3) is 3.09. The van der Waals surface area contributed by atoms with E-state index in [4.69, 9.17) is 11.6 Å². The molecule has 0 spiro atoms. The second kappa shape index (κ2) is 7.22. The summed E-state index contributed by atoms with van der Waals surface area (Å²) in [7, 11) is 0. The minimum absolute atomic E-state index is 0.183. The largest absolute Gasteiger partial charge is 0.327 e. The van der Waals surface area contributed by atoms with E-state index in [1.807, 2.05) is 42.7 Å². The highest BCUT2D eigenvalue weighted by Gasteiger charge is 2.19. The van der Waals surface area contributed by atoms with Crippen LogP contribution in [-0.2, 0) is 0 Å². The molecule has 28 heavy (non-hydrogen) atoms. The smallest absolute Gasteiger partial charge is 0.267 e. The molecule has 0 saturated heterocycles. The Morgan fingerprint density at radius 3 is 2.79 bits per heavy atom. The molecule has 5 rings (SSSR count). The quantitative estimate of drug-likeness (QED) is 0.411. The average Bonchev–Trinajstić information content (AvgIpc) is 3.30. The Hall–Kier alpha value is -2.37. The number of carbonyl (C=O) groups excluding carboxylic acids is 1. The first-order valence-electron chi connectivity index (χ1n) is 9.66. The topological polar surface area (TPSA) is 46.9 Å². The van der Waals surface area contributed by atoms with Crippen molar-refractivity contribution in [2.45, 2.75) is 38.1 Å². The number of nitrogens with zero attached hydrogens (tertiary/aromatic N) is 2. The summed E-state index contributed by atoms with van der Waals surface area (Å²) in [5.41, 5.74) is 2.77. The molecule has 142 valence electrons. The van der Waals surface area contributed by atoms with Crippen LogP contribution in [0.1, 0.15) is 47.8 Å². The lowest BCUT2D eigenvalue weighted by molar-refractivity contribution is 0.103. The molecule has 1 aliphatic carbocycles. The lowest BCUT2D eigenvalue weighted by Gasteiger charge is -2.23. The molecule has 1 N–H and O–H groups in total. The van der Waals surface area contributed by atoms with Gasteiger partial charge in [0, 0.05) is 21.8 Å². The number of hydrogen-bond acceptors (Lipinski definition) is 3. The third-order valence-electron chi connectivity index (χ3n) is 5.54. The number of hydrogen-bond donors (Lipinski definition) is 1. The maximum atomic E-state index is 12.8. The number of anilines is 1. The van der Waals surface area contributed by atoms with Crippen molar-refractivity contribution in [1.82, 2.24) is 9.55 Å². The van der Waals surface area contributed by atoms with Crippen molar-refractivity contribution in [1.29, 1.82) is 0 Å². The molecule has 0 atom stereocenters. The van der Waals surface area contributed by atoms with Gasteiger partial charge in [-0.25, -0.2) is 4.98 Å². The summed E-state index contributed by atoms with van der Waals surface area (Å²) < 4.78 is 3.31.